The summed E-state index contributed by atoms with van der Waals surface area (Å²) in [6, 6.07) is 9.55. The molecule has 1 atom stereocenters. The highest BCUT2D eigenvalue weighted by atomic mass is 16.5. The number of fused-ring (bicyclic) bond motifs is 3. The number of hydrogen-bond donors (Lipinski definition) is 2. The lowest BCUT2D eigenvalue weighted by Crippen LogP contribution is -2.40. The highest BCUT2D eigenvalue weighted by Gasteiger charge is 2.38. The Balaban J connectivity index is 1.39. The van der Waals surface area contributed by atoms with Crippen LogP contribution < -0.4 is 20.1 Å². The molecule has 0 spiro atoms. The van der Waals surface area contributed by atoms with E-state index in [9.17, 15) is 14.4 Å². The number of rotatable bonds is 2. The summed E-state index contributed by atoms with van der Waals surface area (Å²) in [5.74, 6) is 0.478. The first-order chi connectivity index (χ1) is 14.6. The molecule has 3 aliphatic heterocycles. The second-order valence-corrected chi connectivity index (χ2v) is 7.57. The van der Waals surface area contributed by atoms with Crippen molar-refractivity contribution in [2.24, 2.45) is 0 Å². The third-order valence-electron chi connectivity index (χ3n) is 5.59. The summed E-state index contributed by atoms with van der Waals surface area (Å²) in [6.45, 7) is 1.68. The van der Waals surface area contributed by atoms with E-state index in [4.69, 9.17) is 9.47 Å². The maximum atomic E-state index is 13.0. The largest absolute Gasteiger partial charge is 0.490 e. The van der Waals surface area contributed by atoms with Gasteiger partial charge in [0.1, 0.15) is 6.04 Å². The number of carbonyl (C=O) groups is 3. The number of anilines is 2. The SMILES string of the molecule is O=C(Nc1ccc2c(c1)C(=O)N1CCC[C@@H]1C(=O)N2)c1ccc2c(c1)OCCCO2. The van der Waals surface area contributed by atoms with E-state index in [1.54, 1.807) is 41.3 Å². The molecular weight excluding hydrogens is 386 g/mol. The summed E-state index contributed by atoms with van der Waals surface area (Å²) >= 11 is 0. The number of carbonyl (C=O) groups excluding carboxylic acids is 3. The van der Waals surface area contributed by atoms with Gasteiger partial charge in [0.05, 0.1) is 24.5 Å². The third kappa shape index (κ3) is 3.24. The van der Waals surface area contributed by atoms with E-state index in [0.717, 1.165) is 12.8 Å². The molecule has 2 N–H and O–H groups in total. The van der Waals surface area contributed by atoms with Gasteiger partial charge in [-0.1, -0.05) is 0 Å². The van der Waals surface area contributed by atoms with Gasteiger partial charge < -0.3 is 25.0 Å². The topological polar surface area (TPSA) is 97.0 Å². The lowest BCUT2D eigenvalue weighted by Gasteiger charge is -2.20. The van der Waals surface area contributed by atoms with E-state index < -0.39 is 6.04 Å². The summed E-state index contributed by atoms with van der Waals surface area (Å²) in [6.07, 6.45) is 2.26. The predicted octanol–water partition coefficient (Wildman–Crippen LogP) is 2.66. The minimum atomic E-state index is -0.426. The van der Waals surface area contributed by atoms with E-state index in [1.165, 1.54) is 0 Å². The molecule has 5 rings (SSSR count). The Hall–Kier alpha value is -3.55. The van der Waals surface area contributed by atoms with Gasteiger partial charge >= 0.3 is 0 Å². The summed E-state index contributed by atoms with van der Waals surface area (Å²) in [4.78, 5) is 39.7. The standard InChI is InChI=1S/C22H21N3O5/c26-20(13-4-7-18-19(11-13)30-10-2-9-29-18)23-14-5-6-16-15(12-14)22(28)25-8-1-3-17(25)21(27)24-16/h4-7,11-12,17H,1-3,8-10H2,(H,23,26)(H,24,27)/t17-/m1/s1. The zero-order chi connectivity index (χ0) is 20.7. The van der Waals surface area contributed by atoms with Crippen LogP contribution in [0.2, 0.25) is 0 Å². The molecule has 0 aromatic heterocycles. The first kappa shape index (κ1) is 18.5. The Morgan fingerprint density at radius 1 is 1.03 bits per heavy atom. The normalized spacial score (nSPS) is 19.9. The molecule has 3 aliphatic rings. The summed E-state index contributed by atoms with van der Waals surface area (Å²) in [7, 11) is 0. The zero-order valence-corrected chi connectivity index (χ0v) is 16.3. The van der Waals surface area contributed by atoms with Crippen molar-refractivity contribution in [1.82, 2.24) is 4.90 Å². The molecule has 0 unspecified atom stereocenters. The Morgan fingerprint density at radius 3 is 2.73 bits per heavy atom. The Bertz CT molecular complexity index is 1050. The molecule has 0 saturated carbocycles. The maximum Gasteiger partial charge on any atom is 0.256 e. The molecule has 30 heavy (non-hydrogen) atoms. The van der Waals surface area contributed by atoms with E-state index in [-0.39, 0.29) is 17.7 Å². The lowest BCUT2D eigenvalue weighted by atomic mass is 10.1. The Labute approximate surface area is 173 Å². The van der Waals surface area contributed by atoms with Gasteiger partial charge in [0.15, 0.2) is 11.5 Å². The van der Waals surface area contributed by atoms with Crippen LogP contribution in [0.15, 0.2) is 36.4 Å². The smallest absolute Gasteiger partial charge is 0.256 e. The number of nitrogens with zero attached hydrogens (tertiary/aromatic N) is 1. The van der Waals surface area contributed by atoms with Gasteiger partial charge in [-0.05, 0) is 49.2 Å². The van der Waals surface area contributed by atoms with Gasteiger partial charge in [-0.25, -0.2) is 0 Å². The number of nitrogens with one attached hydrogen (secondary N) is 2. The maximum absolute atomic E-state index is 13.0. The molecule has 3 heterocycles. The van der Waals surface area contributed by atoms with Crippen LogP contribution in [-0.4, -0.2) is 48.4 Å². The van der Waals surface area contributed by atoms with Gasteiger partial charge in [0, 0.05) is 24.2 Å². The van der Waals surface area contributed by atoms with E-state index in [0.29, 0.717) is 60.2 Å². The molecule has 8 nitrogen and oxygen atoms in total. The molecule has 1 fully saturated rings. The monoisotopic (exact) mass is 407 g/mol. The molecule has 1 saturated heterocycles. The highest BCUT2D eigenvalue weighted by Crippen LogP contribution is 2.32. The third-order valence-corrected chi connectivity index (χ3v) is 5.59. The van der Waals surface area contributed by atoms with Crippen molar-refractivity contribution in [3.8, 4) is 11.5 Å². The Morgan fingerprint density at radius 2 is 1.87 bits per heavy atom. The number of benzene rings is 2. The molecule has 3 amide bonds. The van der Waals surface area contributed by atoms with Crippen LogP contribution in [0.4, 0.5) is 11.4 Å². The van der Waals surface area contributed by atoms with Crippen LogP contribution in [0.1, 0.15) is 40.0 Å². The molecular formula is C22H21N3O5. The first-order valence-corrected chi connectivity index (χ1v) is 10.1. The summed E-state index contributed by atoms with van der Waals surface area (Å²) < 4.78 is 11.2. The van der Waals surface area contributed by atoms with Gasteiger partial charge in [-0.15, -0.1) is 0 Å². The number of amides is 3. The average molecular weight is 407 g/mol. The quantitative estimate of drug-likeness (QED) is 0.798. The fraction of sp³-hybridized carbons (Fsp3) is 0.318. The zero-order valence-electron chi connectivity index (χ0n) is 16.3. The van der Waals surface area contributed by atoms with E-state index >= 15 is 0 Å². The van der Waals surface area contributed by atoms with Gasteiger partial charge in [0.2, 0.25) is 5.91 Å². The first-order valence-electron chi connectivity index (χ1n) is 10.1. The van der Waals surface area contributed by atoms with Gasteiger partial charge in [-0.2, -0.15) is 0 Å². The minimum absolute atomic E-state index is 0.163. The van der Waals surface area contributed by atoms with Crippen molar-refractivity contribution in [3.63, 3.8) is 0 Å². The molecule has 2 aromatic rings. The summed E-state index contributed by atoms with van der Waals surface area (Å²) in [5, 5.41) is 5.66. The highest BCUT2D eigenvalue weighted by molar-refractivity contribution is 6.11. The fourth-order valence-corrected chi connectivity index (χ4v) is 4.07. The molecule has 0 bridgehead atoms. The van der Waals surface area contributed by atoms with Crippen LogP contribution in [0.25, 0.3) is 0 Å². The van der Waals surface area contributed by atoms with Crippen LogP contribution in [0.5, 0.6) is 11.5 Å². The molecule has 2 aromatic carbocycles. The number of hydrogen-bond acceptors (Lipinski definition) is 5. The van der Waals surface area contributed by atoms with Crippen LogP contribution >= 0.6 is 0 Å². The number of ether oxygens (including phenoxy) is 2. The molecule has 0 aliphatic carbocycles. The second-order valence-electron chi connectivity index (χ2n) is 7.57. The van der Waals surface area contributed by atoms with Crippen LogP contribution in [-0.2, 0) is 4.79 Å². The molecule has 0 radical (unpaired) electrons. The fourth-order valence-electron chi connectivity index (χ4n) is 4.07. The lowest BCUT2D eigenvalue weighted by molar-refractivity contribution is -0.119. The Kier molecular flexibility index (Phi) is 4.54. The van der Waals surface area contributed by atoms with Crippen molar-refractivity contribution < 1.29 is 23.9 Å². The molecule has 154 valence electrons. The van der Waals surface area contributed by atoms with Crippen molar-refractivity contribution >= 4 is 29.1 Å². The van der Waals surface area contributed by atoms with Crippen molar-refractivity contribution in [1.29, 1.82) is 0 Å². The van der Waals surface area contributed by atoms with E-state index in [2.05, 4.69) is 10.6 Å². The van der Waals surface area contributed by atoms with E-state index in [1.807, 2.05) is 0 Å². The molecule has 8 heteroatoms. The summed E-state index contributed by atoms with van der Waals surface area (Å²) in [5.41, 5.74) is 1.75. The van der Waals surface area contributed by atoms with Gasteiger partial charge in [0.25, 0.3) is 11.8 Å². The van der Waals surface area contributed by atoms with Crippen molar-refractivity contribution in [2.75, 3.05) is 30.4 Å². The average Bonchev–Trinajstić information content (AvgIpc) is 3.09. The van der Waals surface area contributed by atoms with Crippen LogP contribution in [0, 0.1) is 0 Å². The van der Waals surface area contributed by atoms with Gasteiger partial charge in [-0.3, -0.25) is 14.4 Å². The second kappa shape index (κ2) is 7.37. The van der Waals surface area contributed by atoms with Crippen LogP contribution in [0.3, 0.4) is 0 Å². The van der Waals surface area contributed by atoms with Crippen molar-refractivity contribution in [2.45, 2.75) is 25.3 Å². The predicted molar refractivity (Wildman–Crippen MR) is 109 cm³/mol. The van der Waals surface area contributed by atoms with Crippen molar-refractivity contribution in [3.05, 3.63) is 47.5 Å². The minimum Gasteiger partial charge on any atom is -0.490 e.